The molecule has 1 aliphatic rings. The summed E-state index contributed by atoms with van der Waals surface area (Å²) in [5, 5.41) is 2.52. The summed E-state index contributed by atoms with van der Waals surface area (Å²) in [4.78, 5) is 34.0. The number of nitrogens with one attached hydrogen (secondary N) is 1. The summed E-state index contributed by atoms with van der Waals surface area (Å²) in [6.45, 7) is 2.11. The van der Waals surface area contributed by atoms with Gasteiger partial charge in [-0.15, -0.1) is 0 Å². The fraction of sp³-hybridized carbons (Fsp3) is 0.217. The van der Waals surface area contributed by atoms with Gasteiger partial charge in [0.2, 0.25) is 0 Å². The molecule has 3 aromatic rings. The summed E-state index contributed by atoms with van der Waals surface area (Å²) in [7, 11) is 1.53. The molecular weight excluding hydrogens is 418 g/mol. The molecule has 0 saturated heterocycles. The number of amides is 2. The van der Waals surface area contributed by atoms with E-state index in [-0.39, 0.29) is 30.4 Å². The molecule has 0 fully saturated rings. The second kappa shape index (κ2) is 8.70. The Hall–Kier alpha value is -3.88. The van der Waals surface area contributed by atoms with E-state index in [0.29, 0.717) is 23.9 Å². The normalized spacial score (nSPS) is 13.2. The quantitative estimate of drug-likeness (QED) is 0.677. The highest BCUT2D eigenvalue weighted by molar-refractivity contribution is 6.08. The minimum Gasteiger partial charge on any atom is -0.491 e. The van der Waals surface area contributed by atoms with Gasteiger partial charge in [-0.1, -0.05) is 6.07 Å². The summed E-state index contributed by atoms with van der Waals surface area (Å²) in [5.74, 6) is -2.35. The van der Waals surface area contributed by atoms with Gasteiger partial charge in [0.15, 0.2) is 11.6 Å². The van der Waals surface area contributed by atoms with Crippen molar-refractivity contribution in [1.29, 1.82) is 0 Å². The first-order valence-corrected chi connectivity index (χ1v) is 9.93. The number of anilines is 1. The van der Waals surface area contributed by atoms with Gasteiger partial charge in [0.25, 0.3) is 11.8 Å². The SMILES string of the molecule is CNC(=O)c1ccc(Cc2cc3c(cc2C)OCCN(c2ncc(F)cc2F)C3=O)cn1. The molecule has 32 heavy (non-hydrogen) atoms. The van der Waals surface area contributed by atoms with Crippen molar-refractivity contribution in [3.63, 3.8) is 0 Å². The number of aromatic nitrogens is 2. The Morgan fingerprint density at radius 1 is 1.19 bits per heavy atom. The molecule has 9 heteroatoms. The van der Waals surface area contributed by atoms with Crippen LogP contribution in [0.25, 0.3) is 0 Å². The van der Waals surface area contributed by atoms with Crippen molar-refractivity contribution in [2.45, 2.75) is 13.3 Å². The number of nitrogens with zero attached hydrogens (tertiary/aromatic N) is 3. The summed E-state index contributed by atoms with van der Waals surface area (Å²) >= 11 is 0. The maximum atomic E-state index is 14.3. The van der Waals surface area contributed by atoms with Gasteiger partial charge in [-0.05, 0) is 48.2 Å². The maximum absolute atomic E-state index is 14.3. The van der Waals surface area contributed by atoms with Crippen molar-refractivity contribution in [1.82, 2.24) is 15.3 Å². The molecular formula is C23H20F2N4O3. The van der Waals surface area contributed by atoms with Gasteiger partial charge in [0.1, 0.15) is 23.9 Å². The number of rotatable bonds is 4. The number of benzene rings is 1. The van der Waals surface area contributed by atoms with Crippen molar-refractivity contribution in [3.05, 3.63) is 82.3 Å². The van der Waals surface area contributed by atoms with E-state index in [4.69, 9.17) is 4.74 Å². The highest BCUT2D eigenvalue weighted by Crippen LogP contribution is 2.30. The van der Waals surface area contributed by atoms with Crippen molar-refractivity contribution < 1.29 is 23.1 Å². The van der Waals surface area contributed by atoms with Crippen molar-refractivity contribution in [2.75, 3.05) is 25.1 Å². The predicted molar refractivity (Wildman–Crippen MR) is 113 cm³/mol. The van der Waals surface area contributed by atoms with Gasteiger partial charge in [0, 0.05) is 19.3 Å². The van der Waals surface area contributed by atoms with Gasteiger partial charge >= 0.3 is 0 Å². The van der Waals surface area contributed by atoms with Gasteiger partial charge in [-0.2, -0.15) is 0 Å². The number of halogens is 2. The number of aryl methyl sites for hydroxylation is 1. The van der Waals surface area contributed by atoms with E-state index in [9.17, 15) is 18.4 Å². The summed E-state index contributed by atoms with van der Waals surface area (Å²) in [6.07, 6.45) is 2.95. The summed E-state index contributed by atoms with van der Waals surface area (Å²) in [6, 6.07) is 7.60. The summed E-state index contributed by atoms with van der Waals surface area (Å²) < 4.78 is 33.3. The average molecular weight is 438 g/mol. The number of pyridine rings is 2. The third kappa shape index (κ3) is 4.14. The average Bonchev–Trinajstić information content (AvgIpc) is 2.93. The molecule has 0 radical (unpaired) electrons. The largest absolute Gasteiger partial charge is 0.491 e. The van der Waals surface area contributed by atoms with Crippen LogP contribution in [0.2, 0.25) is 0 Å². The van der Waals surface area contributed by atoms with E-state index >= 15 is 0 Å². The molecule has 1 aliphatic heterocycles. The second-order valence-corrected chi connectivity index (χ2v) is 7.35. The Kier molecular flexibility index (Phi) is 5.81. The van der Waals surface area contributed by atoms with Crippen LogP contribution in [0.15, 0.2) is 42.7 Å². The van der Waals surface area contributed by atoms with E-state index < -0.39 is 17.5 Å². The van der Waals surface area contributed by atoms with Crippen LogP contribution < -0.4 is 15.0 Å². The predicted octanol–water partition coefficient (Wildman–Crippen LogP) is 3.05. The van der Waals surface area contributed by atoms with E-state index in [0.717, 1.165) is 27.8 Å². The molecule has 3 heterocycles. The van der Waals surface area contributed by atoms with Crippen LogP contribution in [0.3, 0.4) is 0 Å². The zero-order valence-electron chi connectivity index (χ0n) is 17.5. The summed E-state index contributed by atoms with van der Waals surface area (Å²) in [5.41, 5.74) is 3.19. The van der Waals surface area contributed by atoms with Gasteiger partial charge < -0.3 is 10.1 Å². The molecule has 0 saturated carbocycles. The monoisotopic (exact) mass is 438 g/mol. The zero-order chi connectivity index (χ0) is 22.8. The standard InChI is InChI=1S/C23H20F2N4O3/c1-13-7-20-17(9-15(13)8-14-3-4-19(27-11-14)22(30)26-2)23(31)29(5-6-32-20)21-18(25)10-16(24)12-28-21/h3-4,7,9-12H,5-6,8H2,1-2H3,(H,26,30). The first-order valence-electron chi connectivity index (χ1n) is 9.93. The first kappa shape index (κ1) is 21.4. The van der Waals surface area contributed by atoms with Crippen LogP contribution >= 0.6 is 0 Å². The van der Waals surface area contributed by atoms with Crippen LogP contribution in [-0.4, -0.2) is 42.0 Å². The number of fused-ring (bicyclic) bond motifs is 1. The van der Waals surface area contributed by atoms with Crippen molar-refractivity contribution in [2.24, 2.45) is 0 Å². The number of carbonyl (C=O) groups is 2. The molecule has 0 aliphatic carbocycles. The minimum atomic E-state index is -0.920. The van der Waals surface area contributed by atoms with Crippen LogP contribution in [0.1, 0.15) is 37.5 Å². The first-order chi connectivity index (χ1) is 15.4. The van der Waals surface area contributed by atoms with E-state index in [2.05, 4.69) is 15.3 Å². The van der Waals surface area contributed by atoms with Gasteiger partial charge in [0.05, 0.1) is 18.3 Å². The molecule has 164 valence electrons. The Labute approximate surface area is 183 Å². The smallest absolute Gasteiger partial charge is 0.269 e. The Bertz CT molecular complexity index is 1200. The molecule has 2 amide bonds. The third-order valence-electron chi connectivity index (χ3n) is 5.21. The third-order valence-corrected chi connectivity index (χ3v) is 5.21. The molecule has 0 atom stereocenters. The second-order valence-electron chi connectivity index (χ2n) is 7.35. The highest BCUT2D eigenvalue weighted by atomic mass is 19.1. The highest BCUT2D eigenvalue weighted by Gasteiger charge is 2.28. The number of ether oxygens (including phenoxy) is 1. The molecule has 1 aromatic carbocycles. The lowest BCUT2D eigenvalue weighted by atomic mass is 9.97. The minimum absolute atomic E-state index is 0.0717. The molecule has 0 spiro atoms. The van der Waals surface area contributed by atoms with E-state index in [1.807, 2.05) is 6.92 Å². The fourth-order valence-electron chi connectivity index (χ4n) is 3.52. The van der Waals surface area contributed by atoms with Crippen molar-refractivity contribution in [3.8, 4) is 5.75 Å². The van der Waals surface area contributed by atoms with Crippen LogP contribution in [0, 0.1) is 18.6 Å². The molecule has 7 nitrogen and oxygen atoms in total. The molecule has 0 unspecified atom stereocenters. The van der Waals surface area contributed by atoms with Crippen LogP contribution in [-0.2, 0) is 6.42 Å². The lowest BCUT2D eigenvalue weighted by Crippen LogP contribution is -2.34. The van der Waals surface area contributed by atoms with Crippen LogP contribution in [0.5, 0.6) is 5.75 Å². The lowest BCUT2D eigenvalue weighted by Gasteiger charge is -2.19. The van der Waals surface area contributed by atoms with Gasteiger partial charge in [-0.25, -0.2) is 13.8 Å². The van der Waals surface area contributed by atoms with Gasteiger partial charge in [-0.3, -0.25) is 19.5 Å². The Morgan fingerprint density at radius 3 is 2.69 bits per heavy atom. The lowest BCUT2D eigenvalue weighted by molar-refractivity contribution is 0.0956. The molecule has 0 bridgehead atoms. The topological polar surface area (TPSA) is 84.4 Å². The van der Waals surface area contributed by atoms with Crippen molar-refractivity contribution >= 4 is 17.6 Å². The van der Waals surface area contributed by atoms with E-state index in [1.165, 1.54) is 7.05 Å². The number of hydrogen-bond donors (Lipinski definition) is 1. The number of hydrogen-bond acceptors (Lipinski definition) is 5. The Balaban J connectivity index is 1.66. The van der Waals surface area contributed by atoms with E-state index in [1.54, 1.807) is 30.5 Å². The van der Waals surface area contributed by atoms with Crippen LogP contribution in [0.4, 0.5) is 14.6 Å². The molecule has 2 aromatic heterocycles. The molecule has 4 rings (SSSR count). The zero-order valence-corrected chi connectivity index (χ0v) is 17.5. The number of carbonyl (C=O) groups excluding carboxylic acids is 2. The fourth-order valence-corrected chi connectivity index (χ4v) is 3.52. The Morgan fingerprint density at radius 2 is 2.00 bits per heavy atom. The molecule has 1 N–H and O–H groups in total. The maximum Gasteiger partial charge on any atom is 0.269 e.